The summed E-state index contributed by atoms with van der Waals surface area (Å²) in [7, 11) is 1.63. The highest BCUT2D eigenvalue weighted by Gasteiger charge is 2.19. The first kappa shape index (κ1) is 12.0. The van der Waals surface area contributed by atoms with Crippen LogP contribution in [0.2, 0.25) is 0 Å². The first-order valence-electron chi connectivity index (χ1n) is 5.65. The smallest absolute Gasteiger partial charge is 0.0900 e. The molecule has 2 unspecified atom stereocenters. The molecule has 1 aliphatic heterocycles. The second kappa shape index (κ2) is 6.38. The van der Waals surface area contributed by atoms with Crippen molar-refractivity contribution in [2.24, 2.45) is 0 Å². The van der Waals surface area contributed by atoms with E-state index < -0.39 is 0 Å². The lowest BCUT2D eigenvalue weighted by Crippen LogP contribution is -2.40. The first-order valence-corrected chi connectivity index (χ1v) is 5.65. The zero-order chi connectivity index (χ0) is 10.4. The second-order valence-corrected chi connectivity index (χ2v) is 4.30. The molecule has 0 aromatic rings. The van der Waals surface area contributed by atoms with Gasteiger partial charge in [-0.1, -0.05) is 12.8 Å². The van der Waals surface area contributed by atoms with Gasteiger partial charge in [0.1, 0.15) is 0 Å². The number of nitrogens with zero attached hydrogens (tertiary/aromatic N) is 1. The van der Waals surface area contributed by atoms with Crippen molar-refractivity contribution in [2.75, 3.05) is 26.8 Å². The van der Waals surface area contributed by atoms with E-state index in [0.717, 1.165) is 13.1 Å². The number of rotatable bonds is 4. The quantitative estimate of drug-likeness (QED) is 0.743. The highest BCUT2D eigenvalue weighted by Crippen LogP contribution is 2.16. The Labute approximate surface area is 87.1 Å². The lowest BCUT2D eigenvalue weighted by molar-refractivity contribution is 0.0292. The second-order valence-electron chi connectivity index (χ2n) is 4.30. The molecule has 3 heteroatoms. The third-order valence-electron chi connectivity index (χ3n) is 2.99. The number of aliphatic hydroxyl groups excluding tert-OH is 1. The predicted octanol–water partition coefficient (Wildman–Crippen LogP) is 1.26. The molecule has 84 valence electrons. The molecule has 1 saturated heterocycles. The molecule has 0 aliphatic carbocycles. The lowest BCUT2D eigenvalue weighted by atomic mass is 10.1. The van der Waals surface area contributed by atoms with E-state index in [-0.39, 0.29) is 6.10 Å². The van der Waals surface area contributed by atoms with Crippen molar-refractivity contribution in [1.29, 1.82) is 0 Å². The van der Waals surface area contributed by atoms with Crippen LogP contribution in [0.15, 0.2) is 0 Å². The number of ether oxygens (including phenoxy) is 1. The minimum absolute atomic E-state index is 0.333. The third-order valence-corrected chi connectivity index (χ3v) is 2.99. The number of hydrogen-bond donors (Lipinski definition) is 1. The number of aliphatic hydroxyl groups is 1. The molecular weight excluding hydrogens is 178 g/mol. The van der Waals surface area contributed by atoms with Gasteiger partial charge in [-0.2, -0.15) is 0 Å². The average Bonchev–Trinajstić information content (AvgIpc) is 2.33. The molecule has 14 heavy (non-hydrogen) atoms. The molecule has 0 saturated carbocycles. The van der Waals surface area contributed by atoms with Gasteiger partial charge in [0, 0.05) is 19.7 Å². The Morgan fingerprint density at radius 2 is 2.21 bits per heavy atom. The molecule has 0 aromatic heterocycles. The van der Waals surface area contributed by atoms with Crippen LogP contribution in [0.25, 0.3) is 0 Å². The molecule has 1 heterocycles. The molecule has 0 radical (unpaired) electrons. The van der Waals surface area contributed by atoms with Gasteiger partial charge in [0.2, 0.25) is 0 Å². The SMILES string of the molecule is COCC(O)CN1CCCCCC1C. The summed E-state index contributed by atoms with van der Waals surface area (Å²) in [4.78, 5) is 2.39. The van der Waals surface area contributed by atoms with Gasteiger partial charge >= 0.3 is 0 Å². The van der Waals surface area contributed by atoms with Gasteiger partial charge in [0.05, 0.1) is 12.7 Å². The van der Waals surface area contributed by atoms with E-state index in [9.17, 15) is 5.11 Å². The fourth-order valence-electron chi connectivity index (χ4n) is 2.12. The fraction of sp³-hybridized carbons (Fsp3) is 1.00. The standard InChI is InChI=1S/C11H23NO2/c1-10-6-4-3-5-7-12(10)8-11(13)9-14-2/h10-11,13H,3-9H2,1-2H3. The van der Waals surface area contributed by atoms with Gasteiger partial charge < -0.3 is 9.84 Å². The maximum atomic E-state index is 9.64. The Bertz CT molecular complexity index is 152. The largest absolute Gasteiger partial charge is 0.389 e. The van der Waals surface area contributed by atoms with Crippen LogP contribution in [0.4, 0.5) is 0 Å². The number of methoxy groups -OCH3 is 1. The average molecular weight is 201 g/mol. The van der Waals surface area contributed by atoms with Crippen molar-refractivity contribution < 1.29 is 9.84 Å². The van der Waals surface area contributed by atoms with Crippen LogP contribution in [0.5, 0.6) is 0 Å². The summed E-state index contributed by atoms with van der Waals surface area (Å²) in [6.45, 7) is 4.59. The van der Waals surface area contributed by atoms with Crippen LogP contribution in [0, 0.1) is 0 Å². The summed E-state index contributed by atoms with van der Waals surface area (Å²) >= 11 is 0. The topological polar surface area (TPSA) is 32.7 Å². The van der Waals surface area contributed by atoms with Crippen LogP contribution in [-0.4, -0.2) is 49.0 Å². The van der Waals surface area contributed by atoms with Crippen molar-refractivity contribution in [3.05, 3.63) is 0 Å². The van der Waals surface area contributed by atoms with E-state index in [1.165, 1.54) is 25.7 Å². The van der Waals surface area contributed by atoms with Gasteiger partial charge in [-0.15, -0.1) is 0 Å². The molecule has 3 nitrogen and oxygen atoms in total. The lowest BCUT2D eigenvalue weighted by Gasteiger charge is -2.28. The molecule has 2 atom stereocenters. The van der Waals surface area contributed by atoms with Crippen LogP contribution in [-0.2, 0) is 4.74 Å². The Hall–Kier alpha value is -0.120. The fourth-order valence-corrected chi connectivity index (χ4v) is 2.12. The summed E-state index contributed by atoms with van der Waals surface area (Å²) in [6, 6.07) is 0.615. The Morgan fingerprint density at radius 3 is 2.93 bits per heavy atom. The van der Waals surface area contributed by atoms with E-state index in [1.807, 2.05) is 0 Å². The van der Waals surface area contributed by atoms with Crippen molar-refractivity contribution in [2.45, 2.75) is 44.8 Å². The molecule has 1 rings (SSSR count). The Morgan fingerprint density at radius 1 is 1.43 bits per heavy atom. The molecule has 0 aromatic carbocycles. The maximum Gasteiger partial charge on any atom is 0.0900 e. The van der Waals surface area contributed by atoms with Crippen molar-refractivity contribution in [3.8, 4) is 0 Å². The van der Waals surface area contributed by atoms with Gasteiger partial charge in [-0.05, 0) is 26.3 Å². The Balaban J connectivity index is 2.32. The normalized spacial score (nSPS) is 27.2. The van der Waals surface area contributed by atoms with Crippen LogP contribution >= 0.6 is 0 Å². The highest BCUT2D eigenvalue weighted by molar-refractivity contribution is 4.74. The van der Waals surface area contributed by atoms with Gasteiger partial charge in [0.15, 0.2) is 0 Å². The van der Waals surface area contributed by atoms with E-state index in [2.05, 4.69) is 11.8 Å². The van der Waals surface area contributed by atoms with Crippen molar-refractivity contribution in [3.63, 3.8) is 0 Å². The van der Waals surface area contributed by atoms with E-state index >= 15 is 0 Å². The first-order chi connectivity index (χ1) is 6.74. The summed E-state index contributed by atoms with van der Waals surface area (Å²) in [5, 5.41) is 9.64. The zero-order valence-corrected chi connectivity index (χ0v) is 9.41. The predicted molar refractivity (Wildman–Crippen MR) is 57.4 cm³/mol. The van der Waals surface area contributed by atoms with Crippen molar-refractivity contribution in [1.82, 2.24) is 4.90 Å². The van der Waals surface area contributed by atoms with Crippen molar-refractivity contribution >= 4 is 0 Å². The highest BCUT2D eigenvalue weighted by atomic mass is 16.5. The van der Waals surface area contributed by atoms with E-state index in [4.69, 9.17) is 4.74 Å². The van der Waals surface area contributed by atoms with Gasteiger partial charge in [-0.3, -0.25) is 4.90 Å². The van der Waals surface area contributed by atoms with E-state index in [0.29, 0.717) is 12.6 Å². The zero-order valence-electron chi connectivity index (χ0n) is 9.41. The molecule has 0 amide bonds. The summed E-state index contributed by atoms with van der Waals surface area (Å²) in [5.74, 6) is 0. The molecular formula is C11H23NO2. The maximum absolute atomic E-state index is 9.64. The summed E-state index contributed by atoms with van der Waals surface area (Å²) in [5.41, 5.74) is 0. The monoisotopic (exact) mass is 201 g/mol. The number of β-amino-alcohol motifs (C(OH)–C–C–N with tert-alkyl or cyclic N) is 1. The molecule has 1 N–H and O–H groups in total. The molecule has 0 spiro atoms. The van der Waals surface area contributed by atoms with Crippen LogP contribution in [0.3, 0.4) is 0 Å². The Kier molecular flexibility index (Phi) is 5.45. The molecule has 0 bridgehead atoms. The minimum Gasteiger partial charge on any atom is -0.389 e. The van der Waals surface area contributed by atoms with E-state index in [1.54, 1.807) is 7.11 Å². The summed E-state index contributed by atoms with van der Waals surface area (Å²) in [6.07, 6.45) is 4.86. The number of hydrogen-bond acceptors (Lipinski definition) is 3. The minimum atomic E-state index is -0.333. The van der Waals surface area contributed by atoms with Crippen LogP contribution in [0.1, 0.15) is 32.6 Å². The van der Waals surface area contributed by atoms with Gasteiger partial charge in [-0.25, -0.2) is 0 Å². The third kappa shape index (κ3) is 3.95. The molecule has 1 aliphatic rings. The summed E-state index contributed by atoms with van der Waals surface area (Å²) < 4.78 is 4.93. The molecule has 1 fully saturated rings. The number of likely N-dealkylation sites (tertiary alicyclic amines) is 1. The van der Waals surface area contributed by atoms with Gasteiger partial charge in [0.25, 0.3) is 0 Å². The van der Waals surface area contributed by atoms with Crippen LogP contribution < -0.4 is 0 Å².